The van der Waals surface area contributed by atoms with Crippen LogP contribution in [0.3, 0.4) is 0 Å². The summed E-state index contributed by atoms with van der Waals surface area (Å²) >= 11 is 12.1. The lowest BCUT2D eigenvalue weighted by atomic mass is 10.5. The van der Waals surface area contributed by atoms with Gasteiger partial charge in [0.2, 0.25) is 0 Å². The highest BCUT2D eigenvalue weighted by atomic mass is 35.5. The Balaban J connectivity index is 6.39. The van der Waals surface area contributed by atoms with Crippen molar-refractivity contribution >= 4 is 57.0 Å². The molecule has 0 atom stereocenters. The van der Waals surface area contributed by atoms with Crippen molar-refractivity contribution in [3.05, 3.63) is 0 Å². The molecule has 3 nitrogen and oxygen atoms in total. The van der Waals surface area contributed by atoms with Crippen LogP contribution in [0.2, 0.25) is 60.4 Å². The highest BCUT2D eigenvalue weighted by molar-refractivity contribution is 6.92. The molecular weight excluding hydrogens is 495 g/mol. The van der Waals surface area contributed by atoms with Crippen molar-refractivity contribution in [3.8, 4) is 0 Å². The van der Waals surface area contributed by atoms with Gasteiger partial charge in [0, 0.05) is 11.8 Å². The van der Waals surface area contributed by atoms with Gasteiger partial charge < -0.3 is 12.3 Å². The van der Waals surface area contributed by atoms with Crippen LogP contribution in [0.5, 0.6) is 0 Å². The molecule has 0 unspecified atom stereocenters. The standard InChI is InChI=1S/C22H52Cl2O3Si4/c1-19(2)30(20(3)4,25-28(9,10)17-13-15-23)27-31(21(5)6,22(7)8)26-29(11,12)18-14-16-24/h19-22H,13-18H2,1-12H3. The summed E-state index contributed by atoms with van der Waals surface area (Å²) in [5, 5.41) is 0. The van der Waals surface area contributed by atoms with Gasteiger partial charge in [-0.15, -0.1) is 23.2 Å². The van der Waals surface area contributed by atoms with E-state index in [0.29, 0.717) is 33.9 Å². The lowest BCUT2D eigenvalue weighted by Gasteiger charge is -2.52. The molecule has 188 valence electrons. The van der Waals surface area contributed by atoms with Gasteiger partial charge >= 0.3 is 17.1 Å². The zero-order valence-corrected chi connectivity index (χ0v) is 28.0. The Hall–Kier alpha value is 1.33. The van der Waals surface area contributed by atoms with E-state index in [9.17, 15) is 0 Å². The van der Waals surface area contributed by atoms with E-state index in [1.54, 1.807) is 0 Å². The quantitative estimate of drug-likeness (QED) is 0.142. The van der Waals surface area contributed by atoms with E-state index in [2.05, 4.69) is 81.6 Å². The van der Waals surface area contributed by atoms with Gasteiger partial charge in [-0.25, -0.2) is 0 Å². The van der Waals surface area contributed by atoms with Crippen molar-refractivity contribution in [1.82, 2.24) is 0 Å². The number of rotatable bonds is 16. The van der Waals surface area contributed by atoms with E-state index in [0.717, 1.165) is 24.9 Å². The first-order chi connectivity index (χ1) is 14.0. The highest BCUT2D eigenvalue weighted by Crippen LogP contribution is 2.46. The van der Waals surface area contributed by atoms with Crippen molar-refractivity contribution in [3.63, 3.8) is 0 Å². The molecule has 0 aliphatic rings. The molecule has 0 aliphatic heterocycles. The predicted molar refractivity (Wildman–Crippen MR) is 150 cm³/mol. The van der Waals surface area contributed by atoms with Gasteiger partial charge in [0.05, 0.1) is 0 Å². The van der Waals surface area contributed by atoms with Crippen LogP contribution in [-0.4, -0.2) is 45.5 Å². The Bertz CT molecular complexity index is 455. The molecule has 0 bridgehead atoms. The number of halogens is 2. The van der Waals surface area contributed by atoms with E-state index >= 15 is 0 Å². The summed E-state index contributed by atoms with van der Waals surface area (Å²) in [4.78, 5) is 0. The maximum Gasteiger partial charge on any atom is 0.324 e. The first kappa shape index (κ1) is 32.3. The first-order valence-electron chi connectivity index (χ1n) is 12.2. The van der Waals surface area contributed by atoms with Gasteiger partial charge in [-0.3, -0.25) is 0 Å². The smallest absolute Gasteiger partial charge is 0.324 e. The third-order valence-corrected chi connectivity index (χ3v) is 25.8. The Morgan fingerprint density at radius 2 is 0.774 bits per heavy atom. The molecule has 0 amide bonds. The SMILES string of the molecule is CC(C)[Si](O[Si](C)(C)CCCCl)(O[Si](O[Si](C)(C)CCCCl)(C(C)C)C(C)C)C(C)C. The minimum absolute atomic E-state index is 0.357. The van der Waals surface area contributed by atoms with Crippen LogP contribution in [-0.2, 0) is 12.3 Å². The summed E-state index contributed by atoms with van der Waals surface area (Å²) in [6.45, 7) is 27.7. The third kappa shape index (κ3) is 9.47. The summed E-state index contributed by atoms with van der Waals surface area (Å²) in [5.74, 6) is 1.39. The van der Waals surface area contributed by atoms with Crippen molar-refractivity contribution in [2.45, 2.75) is 129 Å². The maximum absolute atomic E-state index is 7.54. The number of hydrogen-bond acceptors (Lipinski definition) is 3. The van der Waals surface area contributed by atoms with Gasteiger partial charge in [-0.1, -0.05) is 55.4 Å². The molecule has 0 saturated carbocycles. The molecule has 0 N–H and O–H groups in total. The van der Waals surface area contributed by atoms with E-state index in [1.807, 2.05) is 0 Å². The summed E-state index contributed by atoms with van der Waals surface area (Å²) < 4.78 is 22.0. The maximum atomic E-state index is 7.54. The van der Waals surface area contributed by atoms with Gasteiger partial charge in [0.1, 0.15) is 0 Å². The van der Waals surface area contributed by atoms with Crippen LogP contribution in [0.25, 0.3) is 0 Å². The van der Waals surface area contributed by atoms with Gasteiger partial charge in [-0.05, 0) is 73.3 Å². The zero-order valence-electron chi connectivity index (χ0n) is 22.5. The Morgan fingerprint density at radius 1 is 0.516 bits per heavy atom. The summed E-state index contributed by atoms with van der Waals surface area (Å²) in [6, 6.07) is 2.14. The predicted octanol–water partition coefficient (Wildman–Crippen LogP) is 9.23. The van der Waals surface area contributed by atoms with Gasteiger partial charge in [0.25, 0.3) is 0 Å². The van der Waals surface area contributed by atoms with E-state index < -0.39 is 33.8 Å². The fourth-order valence-corrected chi connectivity index (χ4v) is 28.3. The molecule has 9 heteroatoms. The summed E-state index contributed by atoms with van der Waals surface area (Å²) in [5.41, 5.74) is 1.43. The Morgan fingerprint density at radius 3 is 0.968 bits per heavy atom. The third-order valence-electron chi connectivity index (χ3n) is 6.23. The Kier molecular flexibility index (Phi) is 14.0. The van der Waals surface area contributed by atoms with Gasteiger partial charge in [0.15, 0.2) is 16.6 Å². The van der Waals surface area contributed by atoms with Crippen LogP contribution in [0.1, 0.15) is 68.2 Å². The molecule has 0 aliphatic carbocycles. The monoisotopic (exact) mass is 546 g/mol. The molecule has 0 fully saturated rings. The van der Waals surface area contributed by atoms with Crippen LogP contribution in [0, 0.1) is 0 Å². The van der Waals surface area contributed by atoms with Gasteiger partial charge in [-0.2, -0.15) is 0 Å². The van der Waals surface area contributed by atoms with Crippen LogP contribution in [0.15, 0.2) is 0 Å². The van der Waals surface area contributed by atoms with E-state index in [4.69, 9.17) is 35.5 Å². The van der Waals surface area contributed by atoms with Crippen molar-refractivity contribution in [2.75, 3.05) is 11.8 Å². The normalized spacial score (nSPS) is 14.5. The van der Waals surface area contributed by atoms with E-state index in [1.165, 1.54) is 0 Å². The number of alkyl halides is 2. The second-order valence-corrected chi connectivity index (χ2v) is 30.2. The molecule has 0 aromatic heterocycles. The highest BCUT2D eigenvalue weighted by Gasteiger charge is 2.58. The minimum Gasteiger partial charge on any atom is -0.436 e. The minimum atomic E-state index is -2.58. The lowest BCUT2D eigenvalue weighted by molar-refractivity contribution is 0.269. The largest absolute Gasteiger partial charge is 0.436 e. The topological polar surface area (TPSA) is 27.7 Å². The first-order valence-corrected chi connectivity index (χ1v) is 23.5. The molecule has 0 heterocycles. The lowest BCUT2D eigenvalue weighted by Crippen LogP contribution is -2.66. The average Bonchev–Trinajstić information content (AvgIpc) is 2.62. The molecule has 0 spiro atoms. The Labute approximate surface area is 209 Å². The molecule has 0 aromatic rings. The van der Waals surface area contributed by atoms with Crippen LogP contribution < -0.4 is 0 Å². The molecule has 0 radical (unpaired) electrons. The van der Waals surface area contributed by atoms with Crippen molar-refractivity contribution in [1.29, 1.82) is 0 Å². The van der Waals surface area contributed by atoms with Crippen molar-refractivity contribution < 1.29 is 12.3 Å². The summed E-state index contributed by atoms with van der Waals surface area (Å²) in [6.07, 6.45) is 2.01. The second kappa shape index (κ2) is 13.4. The summed E-state index contributed by atoms with van der Waals surface area (Å²) in [7, 11) is -8.99. The van der Waals surface area contributed by atoms with Crippen molar-refractivity contribution in [2.24, 2.45) is 0 Å². The molecule has 0 rings (SSSR count). The second-order valence-electron chi connectivity index (χ2n) is 11.5. The zero-order chi connectivity index (χ0) is 24.7. The fourth-order valence-electron chi connectivity index (χ4n) is 4.52. The molecule has 0 aromatic carbocycles. The average molecular weight is 548 g/mol. The van der Waals surface area contributed by atoms with E-state index in [-0.39, 0.29) is 0 Å². The molecule has 0 saturated heterocycles. The molecule has 31 heavy (non-hydrogen) atoms. The number of hydrogen-bond donors (Lipinski definition) is 0. The van der Waals surface area contributed by atoms with Crippen LogP contribution in [0.4, 0.5) is 0 Å². The molecular formula is C22H52Cl2O3Si4. The van der Waals surface area contributed by atoms with Crippen LogP contribution >= 0.6 is 23.2 Å². The fraction of sp³-hybridized carbons (Fsp3) is 1.00.